The van der Waals surface area contributed by atoms with E-state index in [-0.39, 0.29) is 11.6 Å². The molecule has 0 saturated carbocycles. The van der Waals surface area contributed by atoms with E-state index in [9.17, 15) is 17.6 Å². The lowest BCUT2D eigenvalue weighted by Crippen LogP contribution is -2.04. The van der Waals surface area contributed by atoms with Gasteiger partial charge in [-0.05, 0) is 89.9 Å². The Labute approximate surface area is 220 Å². The molecule has 0 heterocycles. The van der Waals surface area contributed by atoms with Crippen molar-refractivity contribution in [3.8, 4) is 5.75 Å². The van der Waals surface area contributed by atoms with Gasteiger partial charge in [-0.2, -0.15) is 8.78 Å². The number of alkyl halides is 2. The lowest BCUT2D eigenvalue weighted by Gasteiger charge is -2.10. The van der Waals surface area contributed by atoms with Crippen molar-refractivity contribution in [2.75, 3.05) is 0 Å². The van der Waals surface area contributed by atoms with Gasteiger partial charge in [0.25, 0.3) is 0 Å². The molecule has 38 heavy (non-hydrogen) atoms. The van der Waals surface area contributed by atoms with Gasteiger partial charge in [0.1, 0.15) is 11.6 Å². The molecule has 0 aliphatic carbocycles. The smallest absolute Gasteiger partial charge is 0.387 e. The highest BCUT2D eigenvalue weighted by Gasteiger charge is 2.13. The number of unbranched alkanes of at least 4 members (excludes halogenated alkanes) is 2. The van der Waals surface area contributed by atoms with Crippen LogP contribution < -0.4 is 4.74 Å². The van der Waals surface area contributed by atoms with Gasteiger partial charge in [0.15, 0.2) is 11.6 Å². The van der Waals surface area contributed by atoms with Crippen molar-refractivity contribution in [3.05, 3.63) is 112 Å². The predicted molar refractivity (Wildman–Crippen MR) is 141 cm³/mol. The predicted octanol–water partition coefficient (Wildman–Crippen LogP) is 9.16. The number of hydrogen-bond donors (Lipinski definition) is 0. The van der Waals surface area contributed by atoms with Gasteiger partial charge in [-0.3, -0.25) is 0 Å². The third kappa shape index (κ3) is 7.12. The first kappa shape index (κ1) is 27.6. The molecule has 0 amide bonds. The largest absolute Gasteiger partial charge is 0.432 e. The minimum absolute atomic E-state index is 0.174. The fourth-order valence-electron chi connectivity index (χ4n) is 4.71. The van der Waals surface area contributed by atoms with E-state index in [1.165, 1.54) is 6.07 Å². The molecule has 0 atom stereocenters. The summed E-state index contributed by atoms with van der Waals surface area (Å²) in [5.41, 5.74) is 3.74. The molecule has 0 aromatic heterocycles. The van der Waals surface area contributed by atoms with E-state index in [1.54, 1.807) is 18.2 Å². The molecule has 0 aliphatic rings. The number of benzene rings is 4. The number of ether oxygens (including phenoxy) is 1. The summed E-state index contributed by atoms with van der Waals surface area (Å²) < 4.78 is 72.5. The van der Waals surface area contributed by atoms with E-state index in [2.05, 4.69) is 11.7 Å². The minimum atomic E-state index is -3.10. The minimum Gasteiger partial charge on any atom is -0.432 e. The Hall–Kier alpha value is -3.41. The standard InChI is InChI=1S/C32H31F5O/c1-2-3-4-5-21-6-11-24(28(33)19-21)12-7-22-9-16-27-26(18-22)15-14-25(31(27)35)13-8-23-10-17-30(29(34)20-23)38-32(36)37/h6,9-11,14-20,32H,2-5,7-8,12-13H2,1H3. The summed E-state index contributed by atoms with van der Waals surface area (Å²) >= 11 is 0. The highest BCUT2D eigenvalue weighted by Crippen LogP contribution is 2.26. The van der Waals surface area contributed by atoms with E-state index in [1.807, 2.05) is 30.3 Å². The number of aryl methyl sites for hydroxylation is 5. The topological polar surface area (TPSA) is 9.23 Å². The van der Waals surface area contributed by atoms with Crippen molar-refractivity contribution in [1.29, 1.82) is 0 Å². The van der Waals surface area contributed by atoms with Crippen molar-refractivity contribution in [1.82, 2.24) is 0 Å². The molecule has 0 N–H and O–H groups in total. The third-order valence-corrected chi connectivity index (χ3v) is 6.86. The number of rotatable bonds is 12. The number of hydrogen-bond acceptors (Lipinski definition) is 1. The lowest BCUT2D eigenvalue weighted by atomic mass is 9.96. The van der Waals surface area contributed by atoms with Crippen LogP contribution in [0.5, 0.6) is 5.75 Å². The van der Waals surface area contributed by atoms with Crippen LogP contribution in [0.3, 0.4) is 0 Å². The van der Waals surface area contributed by atoms with Crippen LogP contribution in [0, 0.1) is 17.5 Å². The van der Waals surface area contributed by atoms with E-state index in [0.29, 0.717) is 47.8 Å². The van der Waals surface area contributed by atoms with Gasteiger partial charge >= 0.3 is 6.61 Å². The Morgan fingerprint density at radius 2 is 1.26 bits per heavy atom. The van der Waals surface area contributed by atoms with Crippen molar-refractivity contribution >= 4 is 10.8 Å². The van der Waals surface area contributed by atoms with Crippen LogP contribution in [0.4, 0.5) is 22.0 Å². The maximum Gasteiger partial charge on any atom is 0.387 e. The molecule has 0 fully saturated rings. The Bertz CT molecular complexity index is 1380. The van der Waals surface area contributed by atoms with Crippen molar-refractivity contribution in [2.24, 2.45) is 0 Å². The van der Waals surface area contributed by atoms with Crippen molar-refractivity contribution < 1.29 is 26.7 Å². The second-order valence-electron chi connectivity index (χ2n) is 9.62. The van der Waals surface area contributed by atoms with Crippen molar-refractivity contribution in [3.63, 3.8) is 0 Å². The van der Waals surface area contributed by atoms with Crippen LogP contribution in [-0.2, 0) is 32.1 Å². The van der Waals surface area contributed by atoms with Crippen LogP contribution in [0.15, 0.2) is 66.7 Å². The first-order valence-corrected chi connectivity index (χ1v) is 13.0. The zero-order valence-corrected chi connectivity index (χ0v) is 21.4. The van der Waals surface area contributed by atoms with E-state index >= 15 is 4.39 Å². The Kier molecular flexibility index (Phi) is 9.38. The van der Waals surface area contributed by atoms with E-state index < -0.39 is 18.2 Å². The molecule has 4 aromatic rings. The SMILES string of the molecule is CCCCCc1ccc(CCc2ccc3c(F)c(CCc4ccc(OC(F)F)c(F)c4)ccc3c2)c(F)c1. The molecule has 0 aliphatic heterocycles. The summed E-state index contributed by atoms with van der Waals surface area (Å²) in [6.07, 6.45) is 6.10. The molecule has 0 saturated heterocycles. The monoisotopic (exact) mass is 526 g/mol. The molecule has 6 heteroatoms. The highest BCUT2D eigenvalue weighted by molar-refractivity contribution is 5.84. The highest BCUT2D eigenvalue weighted by atomic mass is 19.3. The van der Waals surface area contributed by atoms with Gasteiger partial charge in [0, 0.05) is 5.39 Å². The maximum absolute atomic E-state index is 15.2. The van der Waals surface area contributed by atoms with Gasteiger partial charge in [-0.25, -0.2) is 13.2 Å². The van der Waals surface area contributed by atoms with Crippen LogP contribution >= 0.6 is 0 Å². The normalized spacial score (nSPS) is 11.4. The van der Waals surface area contributed by atoms with Gasteiger partial charge in [-0.15, -0.1) is 0 Å². The van der Waals surface area contributed by atoms with Crippen LogP contribution in [0.25, 0.3) is 10.8 Å². The van der Waals surface area contributed by atoms with Crippen LogP contribution in [-0.4, -0.2) is 6.61 Å². The Morgan fingerprint density at radius 3 is 1.97 bits per heavy atom. The third-order valence-electron chi connectivity index (χ3n) is 6.86. The molecule has 0 unspecified atom stereocenters. The molecule has 0 bridgehead atoms. The van der Waals surface area contributed by atoms with Gasteiger partial charge in [0.05, 0.1) is 0 Å². The van der Waals surface area contributed by atoms with Crippen molar-refractivity contribution in [2.45, 2.75) is 64.9 Å². The lowest BCUT2D eigenvalue weighted by molar-refractivity contribution is -0.0522. The van der Waals surface area contributed by atoms with Gasteiger partial charge in [-0.1, -0.05) is 68.3 Å². The molecule has 0 spiro atoms. The van der Waals surface area contributed by atoms with Gasteiger partial charge < -0.3 is 4.74 Å². The molecular weight excluding hydrogens is 495 g/mol. The van der Waals surface area contributed by atoms with Crippen LogP contribution in [0.2, 0.25) is 0 Å². The molecule has 200 valence electrons. The fraction of sp³-hybridized carbons (Fsp3) is 0.312. The summed E-state index contributed by atoms with van der Waals surface area (Å²) in [6, 6.07) is 18.4. The van der Waals surface area contributed by atoms with Gasteiger partial charge in [0.2, 0.25) is 0 Å². The quantitative estimate of drug-likeness (QED) is 0.132. The van der Waals surface area contributed by atoms with E-state index in [4.69, 9.17) is 0 Å². The average Bonchev–Trinajstić information content (AvgIpc) is 2.89. The average molecular weight is 527 g/mol. The fourth-order valence-corrected chi connectivity index (χ4v) is 4.71. The zero-order valence-electron chi connectivity index (χ0n) is 21.4. The first-order valence-electron chi connectivity index (χ1n) is 13.0. The first-order chi connectivity index (χ1) is 18.3. The number of fused-ring (bicyclic) bond motifs is 1. The van der Waals surface area contributed by atoms with Crippen LogP contribution in [0.1, 0.15) is 54.0 Å². The Morgan fingerprint density at radius 1 is 0.632 bits per heavy atom. The summed E-state index contributed by atoms with van der Waals surface area (Å²) in [7, 11) is 0. The molecule has 1 nitrogen and oxygen atoms in total. The second kappa shape index (κ2) is 12.9. The Balaban J connectivity index is 1.39. The zero-order chi connectivity index (χ0) is 27.1. The molecular formula is C32H31F5O. The van der Waals surface area contributed by atoms with E-state index in [0.717, 1.165) is 54.3 Å². The molecule has 4 aromatic carbocycles. The maximum atomic E-state index is 15.2. The summed E-state index contributed by atoms with van der Waals surface area (Å²) in [5, 5.41) is 1.25. The molecule has 0 radical (unpaired) electrons. The number of halogens is 5. The summed E-state index contributed by atoms with van der Waals surface area (Å²) in [4.78, 5) is 0. The second-order valence-corrected chi connectivity index (χ2v) is 9.62. The summed E-state index contributed by atoms with van der Waals surface area (Å²) in [5.74, 6) is -1.90. The molecule has 4 rings (SSSR count). The summed E-state index contributed by atoms with van der Waals surface area (Å²) in [6.45, 7) is -0.954.